The van der Waals surface area contributed by atoms with Gasteiger partial charge in [-0.25, -0.2) is 0 Å². The summed E-state index contributed by atoms with van der Waals surface area (Å²) in [7, 11) is 0. The molecule has 1 saturated heterocycles. The number of nitrogens with one attached hydrogen (secondary N) is 1. The molecule has 2 heterocycles. The van der Waals surface area contributed by atoms with Crippen LogP contribution in [0.2, 0.25) is 0 Å². The summed E-state index contributed by atoms with van der Waals surface area (Å²) >= 11 is 0. The summed E-state index contributed by atoms with van der Waals surface area (Å²) in [6.07, 6.45) is 1.12. The monoisotopic (exact) mass is 342 g/mol. The molecule has 6 nitrogen and oxygen atoms in total. The number of aromatic amines is 1. The highest BCUT2D eigenvalue weighted by Gasteiger charge is 2.50. The number of aliphatic hydroxyl groups excluding tert-OH is 1. The molecule has 1 aliphatic heterocycles. The van der Waals surface area contributed by atoms with Crippen molar-refractivity contribution < 1.29 is 19.8 Å². The van der Waals surface area contributed by atoms with Gasteiger partial charge in [-0.3, -0.25) is 9.59 Å². The van der Waals surface area contributed by atoms with Gasteiger partial charge in [0, 0.05) is 25.0 Å². The van der Waals surface area contributed by atoms with Gasteiger partial charge in [0.25, 0.3) is 5.91 Å². The molecule has 2 atom stereocenters. The number of carbonyl (C=O) groups excluding carboxylic acids is 1. The maximum absolute atomic E-state index is 12.8. The largest absolute Gasteiger partial charge is 0.481 e. The lowest BCUT2D eigenvalue weighted by Crippen LogP contribution is -2.58. The third-order valence-corrected chi connectivity index (χ3v) is 5.04. The Hall–Kier alpha value is -2.60. The Morgan fingerprint density at radius 2 is 2.00 bits per heavy atom. The second kappa shape index (κ2) is 6.72. The number of hydrogen-bond acceptors (Lipinski definition) is 3. The Labute approximate surface area is 146 Å². The first-order valence-corrected chi connectivity index (χ1v) is 8.33. The fourth-order valence-corrected chi connectivity index (χ4v) is 3.53. The van der Waals surface area contributed by atoms with Crippen LogP contribution in [0.1, 0.15) is 28.0 Å². The van der Waals surface area contributed by atoms with E-state index in [4.69, 9.17) is 0 Å². The minimum atomic E-state index is -1.40. The third kappa shape index (κ3) is 3.17. The number of benzene rings is 1. The summed E-state index contributed by atoms with van der Waals surface area (Å²) in [6.45, 7) is 2.14. The van der Waals surface area contributed by atoms with E-state index in [1.165, 1.54) is 0 Å². The standard InChI is InChI=1S/C19H22N2O4/c1-13-15(7-9-20-13)17(23)21-10-8-16(22)19(12-21,18(24)25)11-14-5-3-2-4-6-14/h2-7,9,16,20,22H,8,10-12H2,1H3,(H,24,25)/t16-,19-/m1/s1. The number of aromatic nitrogens is 1. The first-order chi connectivity index (χ1) is 11.9. The van der Waals surface area contributed by atoms with Crippen molar-refractivity contribution in [2.75, 3.05) is 13.1 Å². The molecule has 0 spiro atoms. The van der Waals surface area contributed by atoms with Crippen molar-refractivity contribution in [1.29, 1.82) is 0 Å². The van der Waals surface area contributed by atoms with Gasteiger partial charge in [0.1, 0.15) is 5.41 Å². The summed E-state index contributed by atoms with van der Waals surface area (Å²) in [5.41, 5.74) is 0.714. The topological polar surface area (TPSA) is 93.6 Å². The van der Waals surface area contributed by atoms with Crippen molar-refractivity contribution in [2.45, 2.75) is 25.9 Å². The Morgan fingerprint density at radius 3 is 2.60 bits per heavy atom. The Bertz CT molecular complexity index is 771. The zero-order chi connectivity index (χ0) is 18.0. The number of hydrogen-bond donors (Lipinski definition) is 3. The van der Waals surface area contributed by atoms with Crippen LogP contribution in [0.25, 0.3) is 0 Å². The first kappa shape index (κ1) is 17.2. The number of H-pyrrole nitrogens is 1. The number of likely N-dealkylation sites (tertiary alicyclic amines) is 1. The van der Waals surface area contributed by atoms with E-state index in [1.54, 1.807) is 24.1 Å². The molecule has 0 saturated carbocycles. The Balaban J connectivity index is 1.90. The fourth-order valence-electron chi connectivity index (χ4n) is 3.53. The molecule has 1 amide bonds. The van der Waals surface area contributed by atoms with Crippen LogP contribution in [0.5, 0.6) is 0 Å². The number of aliphatic carboxylic acids is 1. The van der Waals surface area contributed by atoms with Crippen LogP contribution in [0, 0.1) is 12.3 Å². The fraction of sp³-hybridized carbons (Fsp3) is 0.368. The number of aryl methyl sites for hydroxylation is 1. The average Bonchev–Trinajstić information content (AvgIpc) is 3.03. The van der Waals surface area contributed by atoms with Crippen LogP contribution in [-0.4, -0.2) is 51.2 Å². The minimum absolute atomic E-state index is 0.0121. The molecule has 1 aromatic heterocycles. The number of carboxylic acids is 1. The second-order valence-electron chi connectivity index (χ2n) is 6.67. The number of nitrogens with zero attached hydrogens (tertiary/aromatic N) is 1. The predicted octanol–water partition coefficient (Wildman–Crippen LogP) is 1.84. The number of carboxylic acid groups (broad SMARTS) is 1. The van der Waals surface area contributed by atoms with Crippen molar-refractivity contribution in [3.8, 4) is 0 Å². The van der Waals surface area contributed by atoms with E-state index in [9.17, 15) is 19.8 Å². The van der Waals surface area contributed by atoms with Gasteiger partial charge in [0.05, 0.1) is 11.7 Å². The summed E-state index contributed by atoms with van der Waals surface area (Å²) in [5, 5.41) is 20.4. The van der Waals surface area contributed by atoms with Crippen molar-refractivity contribution >= 4 is 11.9 Å². The maximum Gasteiger partial charge on any atom is 0.314 e. The van der Waals surface area contributed by atoms with Crippen LogP contribution in [-0.2, 0) is 11.2 Å². The molecule has 0 bridgehead atoms. The molecule has 1 aliphatic rings. The van der Waals surface area contributed by atoms with Gasteiger partial charge in [-0.15, -0.1) is 0 Å². The maximum atomic E-state index is 12.8. The van der Waals surface area contributed by atoms with Gasteiger partial charge in [-0.1, -0.05) is 30.3 Å². The van der Waals surface area contributed by atoms with E-state index >= 15 is 0 Å². The van der Waals surface area contributed by atoms with Gasteiger partial charge in [-0.05, 0) is 31.4 Å². The van der Waals surface area contributed by atoms with E-state index in [2.05, 4.69) is 4.98 Å². The predicted molar refractivity (Wildman–Crippen MR) is 92.3 cm³/mol. The number of amides is 1. The molecule has 3 N–H and O–H groups in total. The van der Waals surface area contributed by atoms with E-state index in [1.807, 2.05) is 30.3 Å². The molecule has 1 fully saturated rings. The summed E-state index contributed by atoms with van der Waals surface area (Å²) in [4.78, 5) is 29.4. The lowest BCUT2D eigenvalue weighted by molar-refractivity contribution is -0.161. The van der Waals surface area contributed by atoms with Crippen LogP contribution in [0.4, 0.5) is 0 Å². The third-order valence-electron chi connectivity index (χ3n) is 5.04. The molecule has 25 heavy (non-hydrogen) atoms. The molecule has 0 aliphatic carbocycles. The molecule has 132 valence electrons. The zero-order valence-corrected chi connectivity index (χ0v) is 14.1. The quantitative estimate of drug-likeness (QED) is 0.790. The van der Waals surface area contributed by atoms with Crippen molar-refractivity contribution in [3.05, 3.63) is 59.4 Å². The van der Waals surface area contributed by atoms with Crippen molar-refractivity contribution in [3.63, 3.8) is 0 Å². The lowest BCUT2D eigenvalue weighted by atomic mass is 9.72. The molecule has 3 rings (SSSR count). The number of aliphatic hydroxyl groups is 1. The van der Waals surface area contributed by atoms with Gasteiger partial charge in [-0.2, -0.15) is 0 Å². The SMILES string of the molecule is Cc1[nH]ccc1C(=O)N1CC[C@@H](O)[C@](Cc2ccccc2)(C(=O)O)C1. The molecular formula is C19H22N2O4. The van der Waals surface area contributed by atoms with Crippen molar-refractivity contribution in [2.24, 2.45) is 5.41 Å². The van der Waals surface area contributed by atoms with Gasteiger partial charge in [0.2, 0.25) is 0 Å². The zero-order valence-electron chi connectivity index (χ0n) is 14.1. The highest BCUT2D eigenvalue weighted by Crippen LogP contribution is 2.35. The number of piperidine rings is 1. The number of rotatable bonds is 4. The lowest BCUT2D eigenvalue weighted by Gasteiger charge is -2.43. The van der Waals surface area contributed by atoms with Crippen LogP contribution in [0.15, 0.2) is 42.6 Å². The summed E-state index contributed by atoms with van der Waals surface area (Å²) < 4.78 is 0. The Kier molecular flexibility index (Phi) is 4.63. The summed E-state index contributed by atoms with van der Waals surface area (Å²) in [5.74, 6) is -1.28. The van der Waals surface area contributed by atoms with Crippen LogP contribution in [0.3, 0.4) is 0 Å². The summed E-state index contributed by atoms with van der Waals surface area (Å²) in [6, 6.07) is 10.9. The first-order valence-electron chi connectivity index (χ1n) is 8.33. The average molecular weight is 342 g/mol. The van der Waals surface area contributed by atoms with E-state index in [0.29, 0.717) is 12.1 Å². The van der Waals surface area contributed by atoms with E-state index in [0.717, 1.165) is 11.3 Å². The molecule has 0 radical (unpaired) electrons. The molecule has 1 aromatic carbocycles. The second-order valence-corrected chi connectivity index (χ2v) is 6.67. The molecule has 6 heteroatoms. The van der Waals surface area contributed by atoms with Crippen LogP contribution < -0.4 is 0 Å². The van der Waals surface area contributed by atoms with Gasteiger partial charge >= 0.3 is 5.97 Å². The minimum Gasteiger partial charge on any atom is -0.481 e. The van der Waals surface area contributed by atoms with Crippen molar-refractivity contribution in [1.82, 2.24) is 9.88 Å². The van der Waals surface area contributed by atoms with E-state index < -0.39 is 17.5 Å². The normalized spacial score (nSPS) is 23.4. The Morgan fingerprint density at radius 1 is 1.28 bits per heavy atom. The van der Waals surface area contributed by atoms with E-state index in [-0.39, 0.29) is 25.3 Å². The van der Waals surface area contributed by atoms with Crippen LogP contribution >= 0.6 is 0 Å². The smallest absolute Gasteiger partial charge is 0.314 e. The van der Waals surface area contributed by atoms with Gasteiger partial charge in [0.15, 0.2) is 0 Å². The highest BCUT2D eigenvalue weighted by molar-refractivity contribution is 5.96. The molecule has 2 aromatic rings. The molecule has 0 unspecified atom stereocenters. The highest BCUT2D eigenvalue weighted by atomic mass is 16.4. The van der Waals surface area contributed by atoms with Gasteiger partial charge < -0.3 is 20.1 Å². The molecular weight excluding hydrogens is 320 g/mol. The number of carbonyl (C=O) groups is 2.